The van der Waals surface area contributed by atoms with E-state index in [0.717, 1.165) is 5.69 Å². The van der Waals surface area contributed by atoms with E-state index in [-0.39, 0.29) is 5.56 Å². The fourth-order valence-corrected chi connectivity index (χ4v) is 2.11. The molecule has 0 amide bonds. The molecule has 96 valence electrons. The summed E-state index contributed by atoms with van der Waals surface area (Å²) in [6.07, 6.45) is 0. The van der Waals surface area contributed by atoms with Gasteiger partial charge >= 0.3 is 0 Å². The molecule has 0 saturated carbocycles. The highest BCUT2D eigenvalue weighted by Crippen LogP contribution is 2.23. The normalized spacial score (nSPS) is 10.6. The molecular formula is C10H13N5O2S. The Hall–Kier alpha value is -1.80. The summed E-state index contributed by atoms with van der Waals surface area (Å²) in [5.41, 5.74) is 0.952. The number of ether oxygens (including phenoxy) is 1. The Bertz CT molecular complexity index is 580. The number of H-pyrrole nitrogens is 1. The molecule has 0 saturated heterocycles. The fraction of sp³-hybridized carbons (Fsp3) is 0.400. The van der Waals surface area contributed by atoms with Gasteiger partial charge in [0.05, 0.1) is 17.9 Å². The molecule has 0 atom stereocenters. The minimum absolute atomic E-state index is 0.264. The Morgan fingerprint density at radius 3 is 3.11 bits per heavy atom. The van der Waals surface area contributed by atoms with E-state index in [1.54, 1.807) is 20.1 Å². The molecular weight excluding hydrogens is 254 g/mol. The van der Waals surface area contributed by atoms with Gasteiger partial charge in [0.1, 0.15) is 0 Å². The maximum Gasteiger partial charge on any atom is 0.274 e. The Balaban J connectivity index is 2.19. The van der Waals surface area contributed by atoms with Crippen molar-refractivity contribution in [2.75, 3.05) is 25.6 Å². The zero-order valence-corrected chi connectivity index (χ0v) is 10.9. The zero-order chi connectivity index (χ0) is 13.0. The largest absolute Gasteiger partial charge is 0.383 e. The van der Waals surface area contributed by atoms with E-state index in [1.165, 1.54) is 11.3 Å². The second-order valence-corrected chi connectivity index (χ2v) is 4.56. The molecule has 7 nitrogen and oxygen atoms in total. The van der Waals surface area contributed by atoms with Crippen molar-refractivity contribution in [2.24, 2.45) is 0 Å². The first-order valence-corrected chi connectivity index (χ1v) is 6.15. The first-order chi connectivity index (χ1) is 8.70. The molecule has 18 heavy (non-hydrogen) atoms. The summed E-state index contributed by atoms with van der Waals surface area (Å²) < 4.78 is 4.92. The van der Waals surface area contributed by atoms with Gasteiger partial charge in [-0.1, -0.05) is 11.3 Å². The van der Waals surface area contributed by atoms with Crippen LogP contribution in [0.15, 0.2) is 10.9 Å². The van der Waals surface area contributed by atoms with Gasteiger partial charge in [0, 0.05) is 13.7 Å². The van der Waals surface area contributed by atoms with Crippen molar-refractivity contribution >= 4 is 16.5 Å². The van der Waals surface area contributed by atoms with Gasteiger partial charge in [-0.2, -0.15) is 5.10 Å². The molecule has 0 spiro atoms. The number of hydrogen-bond acceptors (Lipinski definition) is 7. The van der Waals surface area contributed by atoms with Crippen molar-refractivity contribution in [2.45, 2.75) is 6.92 Å². The monoisotopic (exact) mass is 267 g/mol. The second-order valence-electron chi connectivity index (χ2n) is 3.58. The predicted octanol–water partition coefficient (Wildman–Crippen LogP) is 0.655. The quantitative estimate of drug-likeness (QED) is 0.773. The molecule has 8 heteroatoms. The van der Waals surface area contributed by atoms with Crippen LogP contribution < -0.4 is 10.9 Å². The number of rotatable bonds is 5. The molecule has 2 aromatic heterocycles. The van der Waals surface area contributed by atoms with Gasteiger partial charge in [-0.3, -0.25) is 4.79 Å². The van der Waals surface area contributed by atoms with Gasteiger partial charge < -0.3 is 10.1 Å². The van der Waals surface area contributed by atoms with Gasteiger partial charge in [-0.15, -0.1) is 10.2 Å². The highest BCUT2D eigenvalue weighted by molar-refractivity contribution is 7.18. The highest BCUT2D eigenvalue weighted by Gasteiger charge is 2.10. The van der Waals surface area contributed by atoms with Crippen molar-refractivity contribution < 1.29 is 4.74 Å². The van der Waals surface area contributed by atoms with Crippen LogP contribution in [0.4, 0.5) is 5.13 Å². The van der Waals surface area contributed by atoms with Crippen molar-refractivity contribution in [3.05, 3.63) is 22.1 Å². The Morgan fingerprint density at radius 2 is 2.33 bits per heavy atom. The fourth-order valence-electron chi connectivity index (χ4n) is 1.33. The molecule has 0 radical (unpaired) electrons. The lowest BCUT2D eigenvalue weighted by Gasteiger charge is -1.98. The van der Waals surface area contributed by atoms with E-state index < -0.39 is 0 Å². The van der Waals surface area contributed by atoms with Gasteiger partial charge in [-0.05, 0) is 13.0 Å². The van der Waals surface area contributed by atoms with Gasteiger partial charge in [-0.25, -0.2) is 5.10 Å². The second kappa shape index (κ2) is 5.69. The van der Waals surface area contributed by atoms with Crippen LogP contribution in [0.1, 0.15) is 5.69 Å². The van der Waals surface area contributed by atoms with Crippen LogP contribution in [-0.4, -0.2) is 40.7 Å². The number of aromatic amines is 1. The third kappa shape index (κ3) is 2.90. The molecule has 0 aromatic carbocycles. The predicted molar refractivity (Wildman–Crippen MR) is 68.9 cm³/mol. The maximum atomic E-state index is 11.6. The molecule has 0 bridgehead atoms. The lowest BCUT2D eigenvalue weighted by molar-refractivity contribution is 0.211. The zero-order valence-electron chi connectivity index (χ0n) is 10.1. The van der Waals surface area contributed by atoms with Gasteiger partial charge in [0.15, 0.2) is 5.01 Å². The van der Waals surface area contributed by atoms with Crippen molar-refractivity contribution in [3.63, 3.8) is 0 Å². The van der Waals surface area contributed by atoms with Crippen molar-refractivity contribution in [1.29, 1.82) is 0 Å². The topological polar surface area (TPSA) is 92.8 Å². The number of nitrogens with one attached hydrogen (secondary N) is 2. The third-order valence-electron chi connectivity index (χ3n) is 2.17. The average molecular weight is 267 g/mol. The number of aryl methyl sites for hydroxylation is 1. The van der Waals surface area contributed by atoms with Crippen LogP contribution in [0.3, 0.4) is 0 Å². The molecule has 0 fully saturated rings. The molecule has 2 aromatic rings. The summed E-state index contributed by atoms with van der Waals surface area (Å²) in [6, 6.07) is 1.69. The first kappa shape index (κ1) is 12.7. The van der Waals surface area contributed by atoms with Crippen LogP contribution in [0, 0.1) is 6.92 Å². The maximum absolute atomic E-state index is 11.6. The Morgan fingerprint density at radius 1 is 1.50 bits per heavy atom. The Kier molecular flexibility index (Phi) is 4.00. The van der Waals surface area contributed by atoms with E-state index in [4.69, 9.17) is 4.74 Å². The number of anilines is 1. The molecule has 0 aliphatic carbocycles. The molecule has 2 rings (SSSR count). The van der Waals surface area contributed by atoms with Crippen LogP contribution in [0.5, 0.6) is 0 Å². The van der Waals surface area contributed by atoms with E-state index in [0.29, 0.717) is 28.9 Å². The molecule has 2 N–H and O–H groups in total. The van der Waals surface area contributed by atoms with Crippen LogP contribution >= 0.6 is 11.3 Å². The molecule has 0 unspecified atom stereocenters. The van der Waals surface area contributed by atoms with Crippen molar-refractivity contribution in [1.82, 2.24) is 20.4 Å². The van der Waals surface area contributed by atoms with E-state index in [1.807, 2.05) is 0 Å². The van der Waals surface area contributed by atoms with E-state index in [2.05, 4.69) is 25.7 Å². The number of aromatic nitrogens is 4. The minimum atomic E-state index is -0.264. The molecule has 0 aliphatic heterocycles. The third-order valence-corrected chi connectivity index (χ3v) is 3.08. The first-order valence-electron chi connectivity index (χ1n) is 5.33. The van der Waals surface area contributed by atoms with Gasteiger partial charge in [0.2, 0.25) is 5.13 Å². The standard InChI is InChI=1S/C10H13N5O2S/c1-6-5-7(8(16)13-12-6)9-14-15-10(18-9)11-3-4-17-2/h5H,3-4H2,1-2H3,(H,11,15)(H,13,16). The van der Waals surface area contributed by atoms with E-state index in [9.17, 15) is 4.79 Å². The summed E-state index contributed by atoms with van der Waals surface area (Å²) in [4.78, 5) is 11.6. The highest BCUT2D eigenvalue weighted by atomic mass is 32.1. The lowest BCUT2D eigenvalue weighted by Crippen LogP contribution is -2.11. The molecule has 2 heterocycles. The summed E-state index contributed by atoms with van der Waals surface area (Å²) in [5, 5.41) is 18.5. The van der Waals surface area contributed by atoms with Crippen LogP contribution in [-0.2, 0) is 4.74 Å². The lowest BCUT2D eigenvalue weighted by atomic mass is 10.3. The van der Waals surface area contributed by atoms with Crippen LogP contribution in [0.25, 0.3) is 10.6 Å². The minimum Gasteiger partial charge on any atom is -0.383 e. The number of nitrogens with zero attached hydrogens (tertiary/aromatic N) is 3. The summed E-state index contributed by atoms with van der Waals surface area (Å²) in [7, 11) is 1.63. The summed E-state index contributed by atoms with van der Waals surface area (Å²) >= 11 is 1.32. The molecule has 0 aliphatic rings. The van der Waals surface area contributed by atoms with Crippen molar-refractivity contribution in [3.8, 4) is 10.6 Å². The number of hydrogen-bond donors (Lipinski definition) is 2. The SMILES string of the molecule is COCCNc1nnc(-c2cc(C)n[nH]c2=O)s1. The van der Waals surface area contributed by atoms with E-state index >= 15 is 0 Å². The number of methoxy groups -OCH3 is 1. The van der Waals surface area contributed by atoms with Gasteiger partial charge in [0.25, 0.3) is 5.56 Å². The average Bonchev–Trinajstić information content (AvgIpc) is 2.81. The summed E-state index contributed by atoms with van der Waals surface area (Å²) in [5.74, 6) is 0. The Labute approximate surface area is 107 Å². The van der Waals surface area contributed by atoms with Crippen LogP contribution in [0.2, 0.25) is 0 Å². The smallest absolute Gasteiger partial charge is 0.274 e. The summed E-state index contributed by atoms with van der Waals surface area (Å²) in [6.45, 7) is 3.04.